The maximum Gasteiger partial charge on any atom is 0.246 e. The SMILES string of the molecule is NC1(c2nc(C3CCS(=O)(=O)C3)no2)CCOCC1. The molecule has 0 radical (unpaired) electrons. The van der Waals surface area contributed by atoms with E-state index in [2.05, 4.69) is 10.1 Å². The Morgan fingerprint density at radius 3 is 2.68 bits per heavy atom. The lowest BCUT2D eigenvalue weighted by molar-refractivity contribution is 0.0400. The molecule has 1 atom stereocenters. The Morgan fingerprint density at radius 1 is 1.32 bits per heavy atom. The van der Waals surface area contributed by atoms with Gasteiger partial charge < -0.3 is 15.0 Å². The van der Waals surface area contributed by atoms with E-state index in [1.807, 2.05) is 0 Å². The van der Waals surface area contributed by atoms with Crippen molar-refractivity contribution in [2.24, 2.45) is 5.73 Å². The molecular weight excluding hydrogens is 270 g/mol. The zero-order valence-corrected chi connectivity index (χ0v) is 11.4. The molecule has 2 fully saturated rings. The van der Waals surface area contributed by atoms with Crippen molar-refractivity contribution in [2.45, 2.75) is 30.7 Å². The smallest absolute Gasteiger partial charge is 0.246 e. The Bertz CT molecular complexity index is 562. The van der Waals surface area contributed by atoms with Gasteiger partial charge in [0.1, 0.15) is 5.54 Å². The number of nitrogens with two attached hydrogens (primary N) is 1. The van der Waals surface area contributed by atoms with Gasteiger partial charge in [-0.15, -0.1) is 0 Å². The second-order valence-corrected chi connectivity index (χ2v) is 7.55. The van der Waals surface area contributed by atoms with Crippen LogP contribution in [-0.4, -0.2) is 43.3 Å². The van der Waals surface area contributed by atoms with Crippen molar-refractivity contribution in [2.75, 3.05) is 24.7 Å². The van der Waals surface area contributed by atoms with Crippen molar-refractivity contribution < 1.29 is 17.7 Å². The Balaban J connectivity index is 1.80. The second kappa shape index (κ2) is 4.53. The van der Waals surface area contributed by atoms with Crippen LogP contribution >= 0.6 is 0 Å². The van der Waals surface area contributed by atoms with E-state index in [9.17, 15) is 8.42 Å². The molecule has 0 saturated carbocycles. The maximum absolute atomic E-state index is 11.5. The zero-order chi connectivity index (χ0) is 13.5. The molecule has 2 aliphatic rings. The molecule has 3 rings (SSSR count). The summed E-state index contributed by atoms with van der Waals surface area (Å²) in [6.07, 6.45) is 1.83. The summed E-state index contributed by atoms with van der Waals surface area (Å²) in [6, 6.07) is 0. The Labute approximate surface area is 111 Å². The number of sulfone groups is 1. The van der Waals surface area contributed by atoms with Crippen LogP contribution in [0.25, 0.3) is 0 Å². The minimum absolute atomic E-state index is 0.104. The summed E-state index contributed by atoms with van der Waals surface area (Å²) >= 11 is 0. The first-order valence-electron chi connectivity index (χ1n) is 6.40. The average Bonchev–Trinajstić information content (AvgIpc) is 2.96. The third-order valence-corrected chi connectivity index (χ3v) is 5.62. The molecule has 1 aromatic rings. The van der Waals surface area contributed by atoms with Gasteiger partial charge in [-0.2, -0.15) is 4.98 Å². The number of aromatic nitrogens is 2. The van der Waals surface area contributed by atoms with Crippen LogP contribution in [0.15, 0.2) is 4.52 Å². The van der Waals surface area contributed by atoms with Crippen LogP contribution in [0.4, 0.5) is 0 Å². The van der Waals surface area contributed by atoms with Gasteiger partial charge in [0.05, 0.1) is 11.5 Å². The van der Waals surface area contributed by atoms with Crippen LogP contribution in [-0.2, 0) is 20.1 Å². The van der Waals surface area contributed by atoms with E-state index in [1.165, 1.54) is 0 Å². The van der Waals surface area contributed by atoms with Crippen molar-refractivity contribution in [3.05, 3.63) is 11.7 Å². The summed E-state index contributed by atoms with van der Waals surface area (Å²) in [5, 5.41) is 3.91. The Morgan fingerprint density at radius 2 is 2.05 bits per heavy atom. The summed E-state index contributed by atoms with van der Waals surface area (Å²) in [5.41, 5.74) is 5.61. The first-order valence-corrected chi connectivity index (χ1v) is 8.22. The lowest BCUT2D eigenvalue weighted by Gasteiger charge is -2.29. The number of ether oxygens (including phenoxy) is 1. The summed E-state index contributed by atoms with van der Waals surface area (Å²) in [6.45, 7) is 1.15. The highest BCUT2D eigenvalue weighted by Crippen LogP contribution is 2.31. The first-order chi connectivity index (χ1) is 8.99. The van der Waals surface area contributed by atoms with E-state index >= 15 is 0 Å². The number of hydrogen-bond acceptors (Lipinski definition) is 7. The van der Waals surface area contributed by atoms with Gasteiger partial charge in [-0.25, -0.2) is 8.42 Å². The van der Waals surface area contributed by atoms with Gasteiger partial charge in [-0.3, -0.25) is 0 Å². The minimum Gasteiger partial charge on any atom is -0.381 e. The van der Waals surface area contributed by atoms with E-state index in [0.717, 1.165) is 0 Å². The molecule has 0 bridgehead atoms. The summed E-state index contributed by atoms with van der Waals surface area (Å²) in [4.78, 5) is 4.33. The van der Waals surface area contributed by atoms with Gasteiger partial charge >= 0.3 is 0 Å². The standard InChI is InChI=1S/C11H17N3O4S/c12-11(2-4-17-5-3-11)10-13-9(14-18-10)8-1-6-19(15,16)7-8/h8H,1-7,12H2. The molecule has 0 spiro atoms. The fraction of sp³-hybridized carbons (Fsp3) is 0.818. The Hall–Kier alpha value is -0.990. The highest BCUT2D eigenvalue weighted by molar-refractivity contribution is 7.91. The number of nitrogens with zero attached hydrogens (tertiary/aromatic N) is 2. The predicted molar refractivity (Wildman–Crippen MR) is 66.2 cm³/mol. The number of hydrogen-bond donors (Lipinski definition) is 1. The molecule has 19 heavy (non-hydrogen) atoms. The molecule has 2 N–H and O–H groups in total. The van der Waals surface area contributed by atoms with E-state index in [1.54, 1.807) is 0 Å². The van der Waals surface area contributed by atoms with Crippen LogP contribution in [0, 0.1) is 0 Å². The highest BCUT2D eigenvalue weighted by atomic mass is 32.2. The molecular formula is C11H17N3O4S. The molecule has 2 saturated heterocycles. The van der Waals surface area contributed by atoms with Gasteiger partial charge in [0, 0.05) is 19.1 Å². The monoisotopic (exact) mass is 287 g/mol. The molecule has 0 aliphatic carbocycles. The molecule has 1 unspecified atom stereocenters. The molecule has 0 aromatic carbocycles. The largest absolute Gasteiger partial charge is 0.381 e. The fourth-order valence-corrected chi connectivity index (χ4v) is 4.29. The quantitative estimate of drug-likeness (QED) is 0.811. The van der Waals surface area contributed by atoms with Crippen molar-refractivity contribution in [1.29, 1.82) is 0 Å². The molecule has 3 heterocycles. The average molecular weight is 287 g/mol. The van der Waals surface area contributed by atoms with Crippen molar-refractivity contribution in [3.8, 4) is 0 Å². The molecule has 0 amide bonds. The molecule has 1 aromatic heterocycles. The van der Waals surface area contributed by atoms with Crippen molar-refractivity contribution >= 4 is 9.84 Å². The molecule has 8 heteroatoms. The van der Waals surface area contributed by atoms with Gasteiger partial charge in [0.15, 0.2) is 15.7 Å². The van der Waals surface area contributed by atoms with Crippen LogP contribution in [0.2, 0.25) is 0 Å². The molecule has 2 aliphatic heterocycles. The topological polar surface area (TPSA) is 108 Å². The third-order valence-electron chi connectivity index (χ3n) is 3.85. The molecule has 106 valence electrons. The van der Waals surface area contributed by atoms with Crippen LogP contribution in [0.5, 0.6) is 0 Å². The number of rotatable bonds is 2. The minimum atomic E-state index is -2.95. The molecule has 7 nitrogen and oxygen atoms in total. The lowest BCUT2D eigenvalue weighted by Crippen LogP contribution is -2.42. The fourth-order valence-electron chi connectivity index (χ4n) is 2.55. The lowest BCUT2D eigenvalue weighted by atomic mass is 9.91. The Kier molecular flexibility index (Phi) is 3.11. The third kappa shape index (κ3) is 2.52. The van der Waals surface area contributed by atoms with E-state index in [0.29, 0.717) is 44.2 Å². The van der Waals surface area contributed by atoms with Crippen LogP contribution < -0.4 is 5.73 Å². The van der Waals surface area contributed by atoms with E-state index in [4.69, 9.17) is 15.0 Å². The van der Waals surface area contributed by atoms with Gasteiger partial charge in [0.2, 0.25) is 5.89 Å². The van der Waals surface area contributed by atoms with Gasteiger partial charge in [-0.1, -0.05) is 5.16 Å². The van der Waals surface area contributed by atoms with Gasteiger partial charge in [-0.05, 0) is 19.3 Å². The summed E-state index contributed by atoms with van der Waals surface area (Å²) < 4.78 is 33.4. The zero-order valence-electron chi connectivity index (χ0n) is 10.5. The normalized spacial score (nSPS) is 29.4. The highest BCUT2D eigenvalue weighted by Gasteiger charge is 2.38. The maximum atomic E-state index is 11.5. The van der Waals surface area contributed by atoms with Gasteiger partial charge in [0.25, 0.3) is 0 Å². The van der Waals surface area contributed by atoms with Crippen molar-refractivity contribution in [3.63, 3.8) is 0 Å². The van der Waals surface area contributed by atoms with E-state index < -0.39 is 15.4 Å². The summed E-state index contributed by atoms with van der Waals surface area (Å²) in [5.74, 6) is 1.00. The second-order valence-electron chi connectivity index (χ2n) is 5.33. The summed E-state index contributed by atoms with van der Waals surface area (Å²) in [7, 11) is -2.95. The predicted octanol–water partition coefficient (Wildman–Crippen LogP) is -0.0639. The van der Waals surface area contributed by atoms with E-state index in [-0.39, 0.29) is 17.4 Å². The van der Waals surface area contributed by atoms with Crippen LogP contribution in [0.1, 0.15) is 36.9 Å². The van der Waals surface area contributed by atoms with Crippen molar-refractivity contribution in [1.82, 2.24) is 10.1 Å². The van der Waals surface area contributed by atoms with Crippen LogP contribution in [0.3, 0.4) is 0 Å². The first kappa shape index (κ1) is 13.0.